The zero-order chi connectivity index (χ0) is 29.4. The Kier molecular flexibility index (Phi) is 10.0. The number of nitrogens with one attached hydrogen (secondary N) is 1. The van der Waals surface area contributed by atoms with Crippen LogP contribution in [0.25, 0.3) is 0 Å². The second-order valence-corrected chi connectivity index (χ2v) is 12.0. The lowest BCUT2D eigenvalue weighted by Crippen LogP contribution is -2.53. The molecule has 0 aromatic heterocycles. The third-order valence-electron chi connectivity index (χ3n) is 6.50. The third-order valence-corrected chi connectivity index (χ3v) is 8.83. The molecular formula is C31H29Cl2N3O4S. The summed E-state index contributed by atoms with van der Waals surface area (Å²) in [4.78, 5) is 28.9. The maximum atomic E-state index is 14.2. The van der Waals surface area contributed by atoms with Crippen LogP contribution in [0.1, 0.15) is 11.1 Å². The number of rotatable bonds is 11. The van der Waals surface area contributed by atoms with Gasteiger partial charge in [0.05, 0.1) is 15.6 Å². The fraction of sp³-hybridized carbons (Fsp3) is 0.161. The predicted molar refractivity (Wildman–Crippen MR) is 162 cm³/mol. The van der Waals surface area contributed by atoms with E-state index in [1.807, 2.05) is 60.7 Å². The molecule has 2 amide bonds. The Labute approximate surface area is 250 Å². The molecule has 10 heteroatoms. The van der Waals surface area contributed by atoms with Crippen LogP contribution in [0.2, 0.25) is 10.0 Å². The van der Waals surface area contributed by atoms with E-state index in [0.29, 0.717) is 0 Å². The predicted octanol–water partition coefficient (Wildman–Crippen LogP) is 5.57. The topological polar surface area (TPSA) is 86.8 Å². The average molecular weight is 611 g/mol. The van der Waals surface area contributed by atoms with Crippen molar-refractivity contribution in [1.29, 1.82) is 0 Å². The van der Waals surface area contributed by atoms with Crippen LogP contribution in [0.3, 0.4) is 0 Å². The molecule has 0 spiro atoms. The Bertz CT molecular complexity index is 1590. The first-order valence-corrected chi connectivity index (χ1v) is 15.0. The molecule has 1 atom stereocenters. The van der Waals surface area contributed by atoms with Gasteiger partial charge < -0.3 is 10.2 Å². The zero-order valence-electron chi connectivity index (χ0n) is 22.3. The quantitative estimate of drug-likeness (QED) is 0.241. The number of halogens is 2. The van der Waals surface area contributed by atoms with Gasteiger partial charge in [0.25, 0.3) is 10.0 Å². The van der Waals surface area contributed by atoms with Gasteiger partial charge in [-0.25, -0.2) is 8.42 Å². The van der Waals surface area contributed by atoms with Gasteiger partial charge in [0.1, 0.15) is 12.6 Å². The van der Waals surface area contributed by atoms with Crippen molar-refractivity contribution in [1.82, 2.24) is 10.2 Å². The van der Waals surface area contributed by atoms with Gasteiger partial charge in [-0.1, -0.05) is 102 Å². The average Bonchev–Trinajstić information content (AvgIpc) is 3.00. The maximum Gasteiger partial charge on any atom is 0.264 e. The van der Waals surface area contributed by atoms with Crippen LogP contribution >= 0.6 is 23.2 Å². The number of benzene rings is 4. The van der Waals surface area contributed by atoms with Crippen LogP contribution in [0, 0.1) is 0 Å². The summed E-state index contributed by atoms with van der Waals surface area (Å²) < 4.78 is 28.8. The van der Waals surface area contributed by atoms with Crippen molar-refractivity contribution in [2.45, 2.75) is 23.9 Å². The molecule has 0 unspecified atom stereocenters. The van der Waals surface area contributed by atoms with Gasteiger partial charge in [0, 0.05) is 25.0 Å². The number of hydrogen-bond acceptors (Lipinski definition) is 4. The van der Waals surface area contributed by atoms with E-state index in [4.69, 9.17) is 23.2 Å². The van der Waals surface area contributed by atoms with Gasteiger partial charge in [0.15, 0.2) is 0 Å². The highest BCUT2D eigenvalue weighted by atomic mass is 35.5. The van der Waals surface area contributed by atoms with Crippen molar-refractivity contribution >= 4 is 50.7 Å². The van der Waals surface area contributed by atoms with Crippen molar-refractivity contribution in [2.75, 3.05) is 17.9 Å². The normalized spacial score (nSPS) is 11.9. The molecule has 0 saturated heterocycles. The fourth-order valence-electron chi connectivity index (χ4n) is 4.41. The standard InChI is InChI=1S/C31H29Cl2N3O4S/c1-34-31(38)29(19-23-11-5-2-6-12-23)35(21-24-13-7-3-8-14-24)30(37)22-36(28-20-25(32)17-18-27(28)33)41(39,40)26-15-9-4-10-16-26/h2-18,20,29H,19,21-22H2,1H3,(H,34,38)/t29-/m0/s1. The van der Waals surface area contributed by atoms with Crippen molar-refractivity contribution in [2.24, 2.45) is 0 Å². The Morgan fingerprint density at radius 3 is 1.95 bits per heavy atom. The molecule has 0 bridgehead atoms. The Morgan fingerprint density at radius 2 is 1.37 bits per heavy atom. The number of amides is 2. The molecule has 0 fully saturated rings. The molecule has 1 N–H and O–H groups in total. The molecule has 0 radical (unpaired) electrons. The molecule has 0 heterocycles. The largest absolute Gasteiger partial charge is 0.357 e. The monoisotopic (exact) mass is 609 g/mol. The van der Waals surface area contributed by atoms with Gasteiger partial charge in [0.2, 0.25) is 11.8 Å². The summed E-state index contributed by atoms with van der Waals surface area (Å²) in [5.74, 6) is -0.967. The van der Waals surface area contributed by atoms with E-state index in [1.54, 1.807) is 18.2 Å². The minimum Gasteiger partial charge on any atom is -0.357 e. The molecule has 4 aromatic rings. The number of carbonyl (C=O) groups is 2. The van der Waals surface area contributed by atoms with Crippen molar-refractivity contribution in [3.63, 3.8) is 0 Å². The smallest absolute Gasteiger partial charge is 0.264 e. The molecular weight excluding hydrogens is 581 g/mol. The summed E-state index contributed by atoms with van der Waals surface area (Å²) in [5, 5.41) is 3.01. The summed E-state index contributed by atoms with van der Waals surface area (Å²) in [5.41, 5.74) is 1.68. The van der Waals surface area contributed by atoms with Crippen LogP contribution in [0.4, 0.5) is 5.69 Å². The molecule has 0 saturated carbocycles. The van der Waals surface area contributed by atoms with E-state index >= 15 is 0 Å². The van der Waals surface area contributed by atoms with E-state index in [1.165, 1.54) is 42.3 Å². The van der Waals surface area contributed by atoms with Gasteiger partial charge in [-0.3, -0.25) is 13.9 Å². The van der Waals surface area contributed by atoms with Crippen molar-refractivity contribution < 1.29 is 18.0 Å². The molecule has 212 valence electrons. The molecule has 0 aliphatic rings. The molecule has 0 aliphatic heterocycles. The van der Waals surface area contributed by atoms with Gasteiger partial charge in [-0.2, -0.15) is 0 Å². The summed E-state index contributed by atoms with van der Waals surface area (Å²) in [6, 6.07) is 29.8. The second-order valence-electron chi connectivity index (χ2n) is 9.25. The molecule has 7 nitrogen and oxygen atoms in total. The third kappa shape index (κ3) is 7.47. The zero-order valence-corrected chi connectivity index (χ0v) is 24.6. The Morgan fingerprint density at radius 1 is 0.805 bits per heavy atom. The van der Waals surface area contributed by atoms with Crippen molar-refractivity contribution in [3.8, 4) is 0 Å². The molecule has 4 rings (SSSR count). The second kappa shape index (κ2) is 13.7. The van der Waals surface area contributed by atoms with Gasteiger partial charge in [-0.05, 0) is 41.5 Å². The van der Waals surface area contributed by atoms with Crippen molar-refractivity contribution in [3.05, 3.63) is 130 Å². The summed E-state index contributed by atoms with van der Waals surface area (Å²) in [6.45, 7) is -0.542. The van der Waals surface area contributed by atoms with Gasteiger partial charge in [-0.15, -0.1) is 0 Å². The van der Waals surface area contributed by atoms with E-state index in [-0.39, 0.29) is 39.5 Å². The van der Waals surface area contributed by atoms with E-state index < -0.39 is 28.5 Å². The summed E-state index contributed by atoms with van der Waals surface area (Å²) >= 11 is 12.7. The van der Waals surface area contributed by atoms with Crippen LogP contribution in [-0.4, -0.2) is 44.8 Å². The highest BCUT2D eigenvalue weighted by molar-refractivity contribution is 7.92. The Hall–Kier alpha value is -3.85. The van der Waals surface area contributed by atoms with E-state index in [2.05, 4.69) is 5.32 Å². The van der Waals surface area contributed by atoms with E-state index in [0.717, 1.165) is 15.4 Å². The highest BCUT2D eigenvalue weighted by Gasteiger charge is 2.35. The molecule has 0 aliphatic carbocycles. The minimum atomic E-state index is -4.26. The maximum absolute atomic E-state index is 14.2. The number of nitrogens with zero attached hydrogens (tertiary/aromatic N) is 2. The van der Waals surface area contributed by atoms with E-state index in [9.17, 15) is 18.0 Å². The first-order chi connectivity index (χ1) is 19.7. The highest BCUT2D eigenvalue weighted by Crippen LogP contribution is 2.33. The first kappa shape index (κ1) is 30.1. The molecule has 41 heavy (non-hydrogen) atoms. The van der Waals surface area contributed by atoms with Gasteiger partial charge >= 0.3 is 0 Å². The fourth-order valence-corrected chi connectivity index (χ4v) is 6.29. The first-order valence-electron chi connectivity index (χ1n) is 12.8. The number of carbonyl (C=O) groups excluding carboxylic acids is 2. The van der Waals surface area contributed by atoms with Crippen LogP contribution < -0.4 is 9.62 Å². The summed E-state index contributed by atoms with van der Waals surface area (Å²) in [7, 11) is -2.76. The molecule has 4 aromatic carbocycles. The number of anilines is 1. The number of likely N-dealkylation sites (N-methyl/N-ethyl adjacent to an activating group) is 1. The minimum absolute atomic E-state index is 0.0226. The lowest BCUT2D eigenvalue weighted by atomic mass is 10.0. The number of sulfonamides is 1. The van der Waals surface area contributed by atoms with Crippen LogP contribution in [-0.2, 0) is 32.6 Å². The summed E-state index contributed by atoms with van der Waals surface area (Å²) in [6.07, 6.45) is 0.225. The Balaban J connectivity index is 1.80. The SMILES string of the molecule is CNC(=O)[C@H](Cc1ccccc1)N(Cc1ccccc1)C(=O)CN(c1cc(Cl)ccc1Cl)S(=O)(=O)c1ccccc1. The van der Waals surface area contributed by atoms with Crippen LogP contribution in [0.15, 0.2) is 114 Å². The number of hydrogen-bond donors (Lipinski definition) is 1. The lowest BCUT2D eigenvalue weighted by molar-refractivity contribution is -0.139. The van der Waals surface area contributed by atoms with Crippen LogP contribution in [0.5, 0.6) is 0 Å². The lowest BCUT2D eigenvalue weighted by Gasteiger charge is -2.33.